The molecule has 0 atom stereocenters. The van der Waals surface area contributed by atoms with Gasteiger partial charge in [-0.25, -0.2) is 4.99 Å². The van der Waals surface area contributed by atoms with E-state index in [9.17, 15) is 0 Å². The second-order valence-electron chi connectivity index (χ2n) is 3.46. The number of hydrogen-bond acceptors (Lipinski definition) is 2. The quantitative estimate of drug-likeness (QED) is 0.593. The predicted molar refractivity (Wildman–Crippen MR) is 74.1 cm³/mol. The lowest BCUT2D eigenvalue weighted by Gasteiger charge is -2.05. The fourth-order valence-corrected chi connectivity index (χ4v) is 1.43. The molecule has 4 heteroatoms. The molecule has 1 aromatic rings. The third-order valence-electron chi connectivity index (χ3n) is 1.75. The van der Waals surface area contributed by atoms with Gasteiger partial charge < -0.3 is 4.90 Å². The second-order valence-corrected chi connectivity index (χ2v) is 3.87. The average Bonchev–Trinajstić information content (AvgIpc) is 2.28. The van der Waals surface area contributed by atoms with Gasteiger partial charge in [0.2, 0.25) is 0 Å². The molecule has 1 aromatic carbocycles. The highest BCUT2D eigenvalue weighted by Crippen LogP contribution is 2.27. The summed E-state index contributed by atoms with van der Waals surface area (Å²) in [6.45, 7) is 5.92. The van der Waals surface area contributed by atoms with Crippen LogP contribution >= 0.6 is 11.6 Å². The van der Waals surface area contributed by atoms with Gasteiger partial charge in [0, 0.05) is 14.1 Å². The van der Waals surface area contributed by atoms with Gasteiger partial charge in [0.05, 0.1) is 22.6 Å². The van der Waals surface area contributed by atoms with Crippen molar-refractivity contribution in [3.8, 4) is 6.07 Å². The van der Waals surface area contributed by atoms with E-state index in [2.05, 4.69) is 11.1 Å². The van der Waals surface area contributed by atoms with E-state index < -0.39 is 0 Å². The molecule has 0 spiro atoms. The number of benzene rings is 1. The Morgan fingerprint density at radius 1 is 1.35 bits per heavy atom. The molecule has 17 heavy (non-hydrogen) atoms. The molecular formula is C13H18ClN3. The highest BCUT2D eigenvalue weighted by atomic mass is 35.5. The van der Waals surface area contributed by atoms with E-state index in [0.717, 1.165) is 5.56 Å². The molecule has 0 aliphatic heterocycles. The van der Waals surface area contributed by atoms with Gasteiger partial charge in [-0.2, -0.15) is 5.26 Å². The van der Waals surface area contributed by atoms with Crippen molar-refractivity contribution in [3.05, 3.63) is 28.3 Å². The van der Waals surface area contributed by atoms with Gasteiger partial charge in [-0.05, 0) is 24.6 Å². The number of aliphatic imine (C=N–C) groups is 1. The van der Waals surface area contributed by atoms with E-state index in [1.807, 2.05) is 40.9 Å². The van der Waals surface area contributed by atoms with Gasteiger partial charge in [0.15, 0.2) is 0 Å². The minimum absolute atomic E-state index is 0.417. The van der Waals surface area contributed by atoms with Gasteiger partial charge >= 0.3 is 0 Å². The number of aryl methyl sites for hydroxylation is 1. The average molecular weight is 252 g/mol. The van der Waals surface area contributed by atoms with E-state index >= 15 is 0 Å². The summed E-state index contributed by atoms with van der Waals surface area (Å²) in [5, 5.41) is 9.38. The van der Waals surface area contributed by atoms with Crippen LogP contribution in [-0.2, 0) is 0 Å². The second kappa shape index (κ2) is 7.70. The summed E-state index contributed by atoms with van der Waals surface area (Å²) >= 11 is 5.94. The zero-order chi connectivity index (χ0) is 13.4. The Bertz CT molecular complexity index is 431. The third kappa shape index (κ3) is 4.88. The first-order valence-electron chi connectivity index (χ1n) is 5.45. The van der Waals surface area contributed by atoms with Crippen molar-refractivity contribution in [1.82, 2.24) is 4.90 Å². The summed E-state index contributed by atoms with van der Waals surface area (Å²) in [5.41, 5.74) is 2.02. The van der Waals surface area contributed by atoms with E-state index in [1.165, 1.54) is 0 Å². The zero-order valence-electron chi connectivity index (χ0n) is 11.0. The summed E-state index contributed by atoms with van der Waals surface area (Å²) in [6, 6.07) is 5.65. The fraction of sp³-hybridized carbons (Fsp3) is 0.385. The monoisotopic (exact) mass is 251 g/mol. The molecule has 0 N–H and O–H groups in total. The largest absolute Gasteiger partial charge is 0.369 e. The van der Waals surface area contributed by atoms with E-state index in [4.69, 9.17) is 16.9 Å². The highest BCUT2D eigenvalue weighted by Gasteiger charge is 2.06. The van der Waals surface area contributed by atoms with Gasteiger partial charge in [-0.15, -0.1) is 0 Å². The summed E-state index contributed by atoms with van der Waals surface area (Å²) in [5.74, 6) is 0. The molecule has 0 aliphatic carbocycles. The number of nitrogens with zero attached hydrogens (tertiary/aromatic N) is 3. The molecule has 0 aliphatic rings. The third-order valence-corrected chi connectivity index (χ3v) is 2.05. The van der Waals surface area contributed by atoms with Crippen molar-refractivity contribution in [2.75, 3.05) is 14.1 Å². The van der Waals surface area contributed by atoms with E-state index in [-0.39, 0.29) is 0 Å². The topological polar surface area (TPSA) is 39.4 Å². The smallest absolute Gasteiger partial charge is 0.103 e. The lowest BCUT2D eigenvalue weighted by atomic mass is 10.1. The summed E-state index contributed by atoms with van der Waals surface area (Å²) < 4.78 is 0. The lowest BCUT2D eigenvalue weighted by molar-refractivity contribution is 0.643. The van der Waals surface area contributed by atoms with Crippen molar-refractivity contribution in [2.24, 2.45) is 4.99 Å². The van der Waals surface area contributed by atoms with Gasteiger partial charge in [-0.1, -0.05) is 25.4 Å². The van der Waals surface area contributed by atoms with E-state index in [1.54, 1.807) is 17.3 Å². The van der Waals surface area contributed by atoms with Crippen LogP contribution in [-0.4, -0.2) is 25.3 Å². The van der Waals surface area contributed by atoms with Crippen LogP contribution in [0.3, 0.4) is 0 Å². The minimum Gasteiger partial charge on any atom is -0.369 e. The van der Waals surface area contributed by atoms with Crippen LogP contribution in [0.1, 0.15) is 25.0 Å². The molecule has 0 amide bonds. The Balaban J connectivity index is 0.00000121. The standard InChI is InChI=1S/C11H12ClN3.C2H6/c1-8-4-10(12)9(6-13)11(5-8)14-7-15(2)3;1-2/h4-5,7H,1-3H3;1-2H3. The zero-order valence-corrected chi connectivity index (χ0v) is 11.7. The van der Waals surface area contributed by atoms with Crippen molar-refractivity contribution < 1.29 is 0 Å². The van der Waals surface area contributed by atoms with Crippen LogP contribution in [0.5, 0.6) is 0 Å². The Morgan fingerprint density at radius 2 is 1.94 bits per heavy atom. The first-order valence-corrected chi connectivity index (χ1v) is 5.83. The number of nitriles is 1. The summed E-state index contributed by atoms with van der Waals surface area (Å²) in [4.78, 5) is 6.00. The van der Waals surface area contributed by atoms with Crippen LogP contribution < -0.4 is 0 Å². The minimum atomic E-state index is 0.417. The van der Waals surface area contributed by atoms with E-state index in [0.29, 0.717) is 16.3 Å². The Labute approximate surface area is 108 Å². The molecule has 0 saturated carbocycles. The van der Waals surface area contributed by atoms with Crippen LogP contribution in [0.25, 0.3) is 0 Å². The predicted octanol–water partition coefficient (Wildman–Crippen LogP) is 3.77. The van der Waals surface area contributed by atoms with Crippen molar-refractivity contribution in [3.63, 3.8) is 0 Å². The maximum Gasteiger partial charge on any atom is 0.103 e. The van der Waals surface area contributed by atoms with Crippen molar-refractivity contribution >= 4 is 23.6 Å². The summed E-state index contributed by atoms with van der Waals surface area (Å²) in [7, 11) is 3.74. The van der Waals surface area contributed by atoms with Crippen LogP contribution in [0.2, 0.25) is 5.02 Å². The molecule has 0 radical (unpaired) electrons. The van der Waals surface area contributed by atoms with Crippen LogP contribution in [0.15, 0.2) is 17.1 Å². The first kappa shape index (κ1) is 15.5. The van der Waals surface area contributed by atoms with Crippen molar-refractivity contribution in [2.45, 2.75) is 20.8 Å². The van der Waals surface area contributed by atoms with Crippen molar-refractivity contribution in [1.29, 1.82) is 5.26 Å². The normalized spacial score (nSPS) is 9.47. The Kier molecular flexibility index (Phi) is 7.00. The molecule has 0 saturated heterocycles. The van der Waals surface area contributed by atoms with Gasteiger partial charge in [0.1, 0.15) is 6.07 Å². The fourth-order valence-electron chi connectivity index (χ4n) is 1.11. The lowest BCUT2D eigenvalue weighted by Crippen LogP contribution is -2.07. The molecule has 0 aromatic heterocycles. The number of hydrogen-bond donors (Lipinski definition) is 0. The van der Waals surface area contributed by atoms with Crippen LogP contribution in [0.4, 0.5) is 5.69 Å². The molecule has 92 valence electrons. The molecule has 0 unspecified atom stereocenters. The summed E-state index contributed by atoms with van der Waals surface area (Å²) in [6.07, 6.45) is 1.64. The van der Waals surface area contributed by atoms with Gasteiger partial charge in [-0.3, -0.25) is 0 Å². The molecule has 3 nitrogen and oxygen atoms in total. The number of halogens is 1. The molecule has 0 bridgehead atoms. The number of rotatable bonds is 2. The molecular weight excluding hydrogens is 234 g/mol. The molecule has 1 rings (SSSR count). The molecule has 0 heterocycles. The van der Waals surface area contributed by atoms with Gasteiger partial charge in [0.25, 0.3) is 0 Å². The Morgan fingerprint density at radius 3 is 2.41 bits per heavy atom. The highest BCUT2D eigenvalue weighted by molar-refractivity contribution is 6.32. The van der Waals surface area contributed by atoms with Crippen LogP contribution in [0, 0.1) is 18.3 Å². The Hall–Kier alpha value is -1.53. The maximum absolute atomic E-state index is 8.93. The molecule has 0 fully saturated rings. The first-order chi connectivity index (χ1) is 8.04. The maximum atomic E-state index is 8.93. The SMILES string of the molecule is CC.Cc1cc(Cl)c(C#N)c(N=CN(C)C)c1.